The molecule has 0 saturated heterocycles. The molecule has 3 nitrogen and oxygen atoms in total. The Labute approximate surface area is 134 Å². The molecule has 2 aromatic rings. The number of anilines is 1. The maximum Gasteiger partial charge on any atom is 0.0788 e. The number of hydrogen-bond acceptors (Lipinski definition) is 4. The lowest BCUT2D eigenvalue weighted by atomic mass is 10.0. The molecule has 0 aliphatic carbocycles. The van der Waals surface area contributed by atoms with Crippen LogP contribution < -0.4 is 11.5 Å². The Balaban J connectivity index is 1.89. The monoisotopic (exact) mass is 322 g/mol. The van der Waals surface area contributed by atoms with Crippen LogP contribution in [0.5, 0.6) is 0 Å². The minimum atomic E-state index is -0.603. The molecule has 2 aromatic carbocycles. The van der Waals surface area contributed by atoms with E-state index >= 15 is 0 Å². The van der Waals surface area contributed by atoms with Gasteiger partial charge >= 0.3 is 0 Å². The summed E-state index contributed by atoms with van der Waals surface area (Å²) in [5, 5.41) is 10.8. The number of benzene rings is 2. The maximum absolute atomic E-state index is 10.2. The minimum Gasteiger partial charge on any atom is -0.398 e. The summed E-state index contributed by atoms with van der Waals surface area (Å²) < 4.78 is 0. The molecule has 2 rings (SSSR count). The van der Waals surface area contributed by atoms with Crippen LogP contribution in [0.1, 0.15) is 5.56 Å². The van der Waals surface area contributed by atoms with Crippen molar-refractivity contribution in [2.24, 2.45) is 5.73 Å². The molecule has 2 atom stereocenters. The number of nitrogens with two attached hydrogens (primary N) is 2. The van der Waals surface area contributed by atoms with Gasteiger partial charge in [-0.2, -0.15) is 0 Å². The lowest BCUT2D eigenvalue weighted by molar-refractivity contribution is 0.168. The third-order valence-corrected chi connectivity index (χ3v) is 4.60. The van der Waals surface area contributed by atoms with Gasteiger partial charge in [-0.25, -0.2) is 0 Å². The van der Waals surface area contributed by atoms with Crippen molar-refractivity contribution in [2.45, 2.75) is 23.5 Å². The van der Waals surface area contributed by atoms with E-state index in [9.17, 15) is 5.11 Å². The Bertz CT molecular complexity index is 580. The lowest BCUT2D eigenvalue weighted by Crippen LogP contribution is -2.38. The van der Waals surface area contributed by atoms with Gasteiger partial charge in [-0.1, -0.05) is 41.9 Å². The number of aliphatic hydroxyl groups excluding tert-OH is 1. The number of hydrogen-bond donors (Lipinski definition) is 3. The Hall–Kier alpha value is -1.20. The highest BCUT2D eigenvalue weighted by atomic mass is 35.5. The number of thioether (sulfide) groups is 1. The van der Waals surface area contributed by atoms with Gasteiger partial charge in [0.05, 0.1) is 6.10 Å². The molecular weight excluding hydrogens is 304 g/mol. The first-order chi connectivity index (χ1) is 10.1. The molecule has 0 saturated carbocycles. The lowest BCUT2D eigenvalue weighted by Gasteiger charge is -2.19. The van der Waals surface area contributed by atoms with Crippen LogP contribution in [0.3, 0.4) is 0 Å². The van der Waals surface area contributed by atoms with E-state index in [4.69, 9.17) is 23.1 Å². The Morgan fingerprint density at radius 2 is 1.86 bits per heavy atom. The van der Waals surface area contributed by atoms with Gasteiger partial charge in [0.15, 0.2) is 0 Å². The summed E-state index contributed by atoms with van der Waals surface area (Å²) in [7, 11) is 0. The molecule has 2 unspecified atom stereocenters. The largest absolute Gasteiger partial charge is 0.398 e. The molecular formula is C16H19ClN2OS. The Morgan fingerprint density at radius 3 is 2.57 bits per heavy atom. The van der Waals surface area contributed by atoms with E-state index in [1.165, 1.54) is 11.8 Å². The molecule has 0 radical (unpaired) electrons. The molecule has 0 bridgehead atoms. The van der Waals surface area contributed by atoms with Crippen LogP contribution in [0.2, 0.25) is 5.02 Å². The van der Waals surface area contributed by atoms with Crippen molar-refractivity contribution in [3.05, 3.63) is 59.1 Å². The second-order valence-corrected chi connectivity index (χ2v) is 6.41. The third kappa shape index (κ3) is 4.93. The fourth-order valence-corrected chi connectivity index (χ4v) is 3.23. The van der Waals surface area contributed by atoms with Gasteiger partial charge in [-0.05, 0) is 30.2 Å². The smallest absolute Gasteiger partial charge is 0.0788 e. The fraction of sp³-hybridized carbons (Fsp3) is 0.250. The van der Waals surface area contributed by atoms with Crippen LogP contribution in [-0.4, -0.2) is 23.0 Å². The Morgan fingerprint density at radius 1 is 1.14 bits per heavy atom. The van der Waals surface area contributed by atoms with Gasteiger partial charge in [0.1, 0.15) is 0 Å². The highest BCUT2D eigenvalue weighted by molar-refractivity contribution is 7.99. The van der Waals surface area contributed by atoms with Crippen molar-refractivity contribution >= 4 is 29.1 Å². The zero-order chi connectivity index (χ0) is 15.2. The molecule has 0 amide bonds. The van der Waals surface area contributed by atoms with E-state index in [1.807, 2.05) is 30.3 Å². The first kappa shape index (κ1) is 16.2. The number of rotatable bonds is 6. The number of aliphatic hydroxyl groups is 1. The predicted octanol–water partition coefficient (Wildman–Crippen LogP) is 2.95. The summed E-state index contributed by atoms with van der Waals surface area (Å²) in [4.78, 5) is 0.869. The van der Waals surface area contributed by atoms with Gasteiger partial charge in [0.25, 0.3) is 0 Å². The van der Waals surface area contributed by atoms with E-state index in [2.05, 4.69) is 0 Å². The summed E-state index contributed by atoms with van der Waals surface area (Å²) in [6.07, 6.45) is 0.0433. The van der Waals surface area contributed by atoms with E-state index in [0.29, 0.717) is 22.9 Å². The van der Waals surface area contributed by atoms with Gasteiger partial charge in [-0.15, -0.1) is 11.8 Å². The second-order valence-electron chi connectivity index (χ2n) is 4.91. The summed E-state index contributed by atoms with van der Waals surface area (Å²) in [6, 6.07) is 14.9. The maximum atomic E-state index is 10.2. The average molecular weight is 323 g/mol. The normalized spacial score (nSPS) is 13.9. The van der Waals surface area contributed by atoms with Gasteiger partial charge in [0.2, 0.25) is 0 Å². The second kappa shape index (κ2) is 7.71. The molecule has 0 aromatic heterocycles. The van der Waals surface area contributed by atoms with Gasteiger partial charge in [-0.3, -0.25) is 0 Å². The summed E-state index contributed by atoms with van der Waals surface area (Å²) in [5.41, 5.74) is 13.7. The minimum absolute atomic E-state index is 0.305. The topological polar surface area (TPSA) is 72.3 Å². The number of nitrogen functional groups attached to an aromatic ring is 1. The van der Waals surface area contributed by atoms with Crippen molar-refractivity contribution in [3.63, 3.8) is 0 Å². The van der Waals surface area contributed by atoms with Crippen LogP contribution in [-0.2, 0) is 6.42 Å². The SMILES string of the molecule is Nc1ccc(Cl)cc1SCC(O)C(N)Cc1ccccc1. The molecule has 0 fully saturated rings. The van der Waals surface area contributed by atoms with Crippen molar-refractivity contribution in [2.75, 3.05) is 11.5 Å². The van der Waals surface area contributed by atoms with Crippen molar-refractivity contribution in [1.29, 1.82) is 0 Å². The summed E-state index contributed by atoms with van der Waals surface area (Å²) >= 11 is 7.41. The van der Waals surface area contributed by atoms with Crippen molar-refractivity contribution < 1.29 is 5.11 Å². The Kier molecular flexibility index (Phi) is 5.94. The molecule has 0 heterocycles. The predicted molar refractivity (Wildman–Crippen MR) is 90.7 cm³/mol. The van der Waals surface area contributed by atoms with Crippen LogP contribution in [0.15, 0.2) is 53.4 Å². The molecule has 21 heavy (non-hydrogen) atoms. The van der Waals surface area contributed by atoms with Crippen molar-refractivity contribution in [3.8, 4) is 0 Å². The van der Waals surface area contributed by atoms with Crippen LogP contribution in [0.4, 0.5) is 5.69 Å². The van der Waals surface area contributed by atoms with E-state index in [1.54, 1.807) is 18.2 Å². The van der Waals surface area contributed by atoms with Crippen LogP contribution >= 0.6 is 23.4 Å². The molecule has 0 aliphatic heterocycles. The first-order valence-electron chi connectivity index (χ1n) is 6.71. The van der Waals surface area contributed by atoms with Crippen molar-refractivity contribution in [1.82, 2.24) is 0 Å². The highest BCUT2D eigenvalue weighted by Crippen LogP contribution is 2.28. The molecule has 5 heteroatoms. The quantitative estimate of drug-likeness (QED) is 0.565. The van der Waals surface area contributed by atoms with Crippen LogP contribution in [0.25, 0.3) is 0 Å². The van der Waals surface area contributed by atoms with Crippen LogP contribution in [0, 0.1) is 0 Å². The van der Waals surface area contributed by atoms with Gasteiger partial charge < -0.3 is 16.6 Å². The zero-order valence-electron chi connectivity index (χ0n) is 11.6. The molecule has 5 N–H and O–H groups in total. The van der Waals surface area contributed by atoms with E-state index in [0.717, 1.165) is 10.5 Å². The molecule has 112 valence electrons. The first-order valence-corrected chi connectivity index (χ1v) is 8.08. The average Bonchev–Trinajstić information content (AvgIpc) is 2.49. The highest BCUT2D eigenvalue weighted by Gasteiger charge is 2.16. The van der Waals surface area contributed by atoms with E-state index in [-0.39, 0.29) is 6.04 Å². The summed E-state index contributed by atoms with van der Waals surface area (Å²) in [5.74, 6) is 0.485. The number of halogens is 1. The standard InChI is InChI=1S/C16H19ClN2OS/c17-12-6-7-13(18)16(9-12)21-10-15(20)14(19)8-11-4-2-1-3-5-11/h1-7,9,14-15,20H,8,10,18-19H2. The summed E-state index contributed by atoms with van der Waals surface area (Å²) in [6.45, 7) is 0. The molecule has 0 aliphatic rings. The third-order valence-electron chi connectivity index (χ3n) is 3.19. The fourth-order valence-electron chi connectivity index (χ4n) is 1.95. The zero-order valence-corrected chi connectivity index (χ0v) is 13.1. The molecule has 0 spiro atoms. The van der Waals surface area contributed by atoms with E-state index < -0.39 is 6.10 Å². The van der Waals surface area contributed by atoms with Gasteiger partial charge in [0, 0.05) is 27.4 Å².